The Labute approximate surface area is 192 Å². The number of anilines is 1. The number of carbonyl (C=O) groups is 2. The quantitative estimate of drug-likeness (QED) is 0.334. The number of methoxy groups -OCH3 is 1. The van der Waals surface area contributed by atoms with E-state index in [0.717, 1.165) is 31.4 Å². The van der Waals surface area contributed by atoms with Gasteiger partial charge in [-0.15, -0.1) is 11.3 Å². The molecule has 2 aromatic heterocycles. The molecule has 0 aliphatic heterocycles. The van der Waals surface area contributed by atoms with Crippen LogP contribution >= 0.6 is 27.3 Å². The number of ether oxygens (including phenoxy) is 1. The number of thiophene rings is 1. The number of para-hydroxylation sites is 1. The molecule has 2 aromatic carbocycles. The van der Waals surface area contributed by atoms with Gasteiger partial charge in [0.25, 0.3) is 5.91 Å². The van der Waals surface area contributed by atoms with Gasteiger partial charge in [-0.1, -0.05) is 46.3 Å². The summed E-state index contributed by atoms with van der Waals surface area (Å²) in [5, 5.41) is 4.15. The maximum absolute atomic E-state index is 13.4. The van der Waals surface area contributed by atoms with E-state index in [0.29, 0.717) is 21.8 Å². The molecule has 0 radical (unpaired) electrons. The predicted molar refractivity (Wildman–Crippen MR) is 128 cm³/mol. The number of benzene rings is 2. The Morgan fingerprint density at radius 3 is 2.58 bits per heavy atom. The molecule has 4 rings (SSSR count). The van der Waals surface area contributed by atoms with Gasteiger partial charge in [-0.3, -0.25) is 4.79 Å². The standard InChI is InChI=1S/C24H19BrN2O3S/c1-13-14(2)31-23(21(13)24(29)30-3)27-22(28)18-12-20(15-7-6-8-16(25)11-15)26-19-10-5-4-9-17(18)19/h4-12H,1-3H3,(H,27,28). The van der Waals surface area contributed by atoms with E-state index < -0.39 is 5.97 Å². The first-order valence-corrected chi connectivity index (χ1v) is 11.2. The summed E-state index contributed by atoms with van der Waals surface area (Å²) >= 11 is 4.85. The molecular weight excluding hydrogens is 476 g/mol. The van der Waals surface area contributed by atoms with Crippen molar-refractivity contribution in [2.24, 2.45) is 0 Å². The molecule has 4 aromatic rings. The molecule has 0 spiro atoms. The average Bonchev–Trinajstić information content (AvgIpc) is 3.05. The van der Waals surface area contributed by atoms with Crippen LogP contribution in [0.5, 0.6) is 0 Å². The zero-order valence-corrected chi connectivity index (χ0v) is 19.6. The van der Waals surface area contributed by atoms with Crippen LogP contribution in [0, 0.1) is 13.8 Å². The highest BCUT2D eigenvalue weighted by Crippen LogP contribution is 2.34. The minimum Gasteiger partial charge on any atom is -0.465 e. The Morgan fingerprint density at radius 1 is 1.06 bits per heavy atom. The lowest BCUT2D eigenvalue weighted by Crippen LogP contribution is -2.15. The van der Waals surface area contributed by atoms with Crippen LogP contribution in [0.1, 0.15) is 31.2 Å². The normalized spacial score (nSPS) is 10.8. The molecule has 1 amide bonds. The zero-order valence-electron chi connectivity index (χ0n) is 17.2. The molecule has 0 aliphatic carbocycles. The number of aromatic nitrogens is 1. The molecule has 0 atom stereocenters. The van der Waals surface area contributed by atoms with Crippen molar-refractivity contribution in [2.75, 3.05) is 12.4 Å². The molecule has 0 bridgehead atoms. The Kier molecular flexibility index (Phi) is 5.89. The summed E-state index contributed by atoms with van der Waals surface area (Å²) in [6.07, 6.45) is 0. The van der Waals surface area contributed by atoms with Gasteiger partial charge in [-0.2, -0.15) is 0 Å². The Bertz CT molecular complexity index is 1330. The van der Waals surface area contributed by atoms with E-state index in [-0.39, 0.29) is 5.91 Å². The number of amides is 1. The van der Waals surface area contributed by atoms with Gasteiger partial charge >= 0.3 is 5.97 Å². The third kappa shape index (κ3) is 4.11. The van der Waals surface area contributed by atoms with Crippen LogP contribution in [0.4, 0.5) is 5.00 Å². The van der Waals surface area contributed by atoms with Crippen molar-refractivity contribution in [1.82, 2.24) is 4.98 Å². The third-order valence-corrected chi connectivity index (χ3v) is 6.70. The number of pyridine rings is 1. The van der Waals surface area contributed by atoms with Crippen molar-refractivity contribution in [3.63, 3.8) is 0 Å². The van der Waals surface area contributed by atoms with Crippen LogP contribution in [0.25, 0.3) is 22.2 Å². The SMILES string of the molecule is COC(=O)c1c(NC(=O)c2cc(-c3cccc(Br)c3)nc3ccccc23)sc(C)c1C. The van der Waals surface area contributed by atoms with Crippen molar-refractivity contribution in [2.45, 2.75) is 13.8 Å². The van der Waals surface area contributed by atoms with E-state index in [9.17, 15) is 9.59 Å². The smallest absolute Gasteiger partial charge is 0.341 e. The number of esters is 1. The molecule has 31 heavy (non-hydrogen) atoms. The molecule has 7 heteroatoms. The fourth-order valence-corrected chi connectivity index (χ4v) is 4.84. The molecule has 156 valence electrons. The highest BCUT2D eigenvalue weighted by atomic mass is 79.9. The monoisotopic (exact) mass is 494 g/mol. The molecule has 0 saturated heterocycles. The van der Waals surface area contributed by atoms with E-state index in [1.807, 2.05) is 62.4 Å². The average molecular weight is 495 g/mol. The lowest BCUT2D eigenvalue weighted by atomic mass is 10.0. The van der Waals surface area contributed by atoms with Crippen LogP contribution in [0.3, 0.4) is 0 Å². The number of nitrogens with one attached hydrogen (secondary N) is 1. The number of halogens is 1. The maximum Gasteiger partial charge on any atom is 0.341 e. The molecule has 5 nitrogen and oxygen atoms in total. The van der Waals surface area contributed by atoms with Gasteiger partial charge in [0.15, 0.2) is 0 Å². The van der Waals surface area contributed by atoms with E-state index in [1.165, 1.54) is 18.4 Å². The van der Waals surface area contributed by atoms with Crippen molar-refractivity contribution in [3.05, 3.63) is 80.6 Å². The number of aryl methyl sites for hydroxylation is 1. The summed E-state index contributed by atoms with van der Waals surface area (Å²) in [4.78, 5) is 31.3. The predicted octanol–water partition coefficient (Wildman–Crippen LogP) is 6.38. The maximum atomic E-state index is 13.4. The van der Waals surface area contributed by atoms with E-state index in [1.54, 1.807) is 6.07 Å². The van der Waals surface area contributed by atoms with Gasteiger partial charge in [-0.05, 0) is 43.7 Å². The second kappa shape index (κ2) is 8.61. The molecule has 0 aliphatic rings. The van der Waals surface area contributed by atoms with Crippen LogP contribution in [-0.4, -0.2) is 24.0 Å². The number of hydrogen-bond acceptors (Lipinski definition) is 5. The summed E-state index contributed by atoms with van der Waals surface area (Å²) in [6, 6.07) is 17.1. The third-order valence-electron chi connectivity index (χ3n) is 5.08. The van der Waals surface area contributed by atoms with Crippen LogP contribution < -0.4 is 5.32 Å². The van der Waals surface area contributed by atoms with Crippen LogP contribution in [0.2, 0.25) is 0 Å². The largest absolute Gasteiger partial charge is 0.465 e. The first-order chi connectivity index (χ1) is 14.9. The molecule has 0 fully saturated rings. The summed E-state index contributed by atoms with van der Waals surface area (Å²) < 4.78 is 5.85. The zero-order chi connectivity index (χ0) is 22.1. The summed E-state index contributed by atoms with van der Waals surface area (Å²) in [6.45, 7) is 3.76. The minimum absolute atomic E-state index is 0.304. The Morgan fingerprint density at radius 2 is 1.84 bits per heavy atom. The minimum atomic E-state index is -0.466. The number of rotatable bonds is 4. The van der Waals surface area contributed by atoms with Gasteiger partial charge in [-0.25, -0.2) is 9.78 Å². The topological polar surface area (TPSA) is 68.3 Å². The van der Waals surface area contributed by atoms with Gasteiger partial charge in [0, 0.05) is 20.3 Å². The second-order valence-corrected chi connectivity index (χ2v) is 9.16. The van der Waals surface area contributed by atoms with Crippen molar-refractivity contribution in [3.8, 4) is 11.3 Å². The molecule has 0 saturated carbocycles. The highest BCUT2D eigenvalue weighted by Gasteiger charge is 2.23. The van der Waals surface area contributed by atoms with Gasteiger partial charge < -0.3 is 10.1 Å². The van der Waals surface area contributed by atoms with Crippen LogP contribution in [0.15, 0.2) is 59.1 Å². The van der Waals surface area contributed by atoms with E-state index in [4.69, 9.17) is 9.72 Å². The summed E-state index contributed by atoms with van der Waals surface area (Å²) in [5.41, 5.74) is 3.99. The molecule has 0 unspecified atom stereocenters. The van der Waals surface area contributed by atoms with Crippen LogP contribution in [-0.2, 0) is 4.74 Å². The molecular formula is C24H19BrN2O3S. The van der Waals surface area contributed by atoms with Crippen molar-refractivity contribution in [1.29, 1.82) is 0 Å². The summed E-state index contributed by atoms with van der Waals surface area (Å²) in [7, 11) is 1.33. The summed E-state index contributed by atoms with van der Waals surface area (Å²) in [5.74, 6) is -0.771. The van der Waals surface area contributed by atoms with Crippen molar-refractivity contribution >= 4 is 55.0 Å². The highest BCUT2D eigenvalue weighted by molar-refractivity contribution is 9.10. The fourth-order valence-electron chi connectivity index (χ4n) is 3.39. The first kappa shape index (κ1) is 21.2. The number of hydrogen-bond donors (Lipinski definition) is 1. The van der Waals surface area contributed by atoms with Gasteiger partial charge in [0.05, 0.1) is 29.4 Å². The second-order valence-electron chi connectivity index (χ2n) is 7.02. The number of nitrogens with zero attached hydrogens (tertiary/aromatic N) is 1. The Hall–Kier alpha value is -3.03. The fraction of sp³-hybridized carbons (Fsp3) is 0.125. The van der Waals surface area contributed by atoms with E-state index in [2.05, 4.69) is 21.2 Å². The molecule has 1 N–H and O–H groups in total. The number of fused-ring (bicyclic) bond motifs is 1. The first-order valence-electron chi connectivity index (χ1n) is 9.54. The number of carbonyl (C=O) groups excluding carboxylic acids is 2. The van der Waals surface area contributed by atoms with E-state index >= 15 is 0 Å². The lowest BCUT2D eigenvalue weighted by molar-refractivity contribution is 0.0601. The van der Waals surface area contributed by atoms with Crippen molar-refractivity contribution < 1.29 is 14.3 Å². The lowest BCUT2D eigenvalue weighted by Gasteiger charge is -2.11. The Balaban J connectivity index is 1.82. The van der Waals surface area contributed by atoms with Gasteiger partial charge in [0.1, 0.15) is 5.00 Å². The molecule has 2 heterocycles. The van der Waals surface area contributed by atoms with Gasteiger partial charge in [0.2, 0.25) is 0 Å².